The van der Waals surface area contributed by atoms with Crippen molar-refractivity contribution in [3.63, 3.8) is 0 Å². The molecule has 1 N–H and O–H groups in total. The molecule has 2 aromatic carbocycles. The van der Waals surface area contributed by atoms with Crippen LogP contribution in [-0.2, 0) is 13.0 Å². The number of benzene rings is 2. The fourth-order valence-corrected chi connectivity index (χ4v) is 2.88. The highest BCUT2D eigenvalue weighted by Crippen LogP contribution is 2.20. The lowest BCUT2D eigenvalue weighted by atomic mass is 10.1. The summed E-state index contributed by atoms with van der Waals surface area (Å²) in [7, 11) is 1.61. The van der Waals surface area contributed by atoms with Crippen LogP contribution in [0.25, 0.3) is 11.6 Å². The van der Waals surface area contributed by atoms with Crippen LogP contribution in [0, 0.1) is 0 Å². The standard InChI is InChI=1S/C22H20N4O3/c1-28-18-11-9-16(10-12-18)14-20(27)26-22(23-15-17-6-3-2-4-7-17)24-21(25-26)19-8-5-13-29-19/h2-13H,14-15H2,1H3,(H,23,24,25). The van der Waals surface area contributed by atoms with E-state index in [1.54, 1.807) is 25.5 Å². The summed E-state index contributed by atoms with van der Waals surface area (Å²) in [6.07, 6.45) is 1.73. The predicted molar refractivity (Wildman–Crippen MR) is 109 cm³/mol. The Morgan fingerprint density at radius 3 is 2.52 bits per heavy atom. The van der Waals surface area contributed by atoms with Crippen LogP contribution in [-0.4, -0.2) is 27.8 Å². The van der Waals surface area contributed by atoms with Gasteiger partial charge in [-0.2, -0.15) is 9.67 Å². The largest absolute Gasteiger partial charge is 0.497 e. The van der Waals surface area contributed by atoms with Crippen molar-refractivity contribution in [3.8, 4) is 17.3 Å². The zero-order chi connectivity index (χ0) is 20.1. The summed E-state index contributed by atoms with van der Waals surface area (Å²) < 4.78 is 11.8. The van der Waals surface area contributed by atoms with Crippen molar-refractivity contribution in [1.29, 1.82) is 0 Å². The summed E-state index contributed by atoms with van der Waals surface area (Å²) in [5, 5.41) is 7.57. The summed E-state index contributed by atoms with van der Waals surface area (Å²) in [5.74, 6) is 1.78. The van der Waals surface area contributed by atoms with Gasteiger partial charge in [-0.15, -0.1) is 5.10 Å². The maximum atomic E-state index is 12.9. The van der Waals surface area contributed by atoms with Gasteiger partial charge in [0.25, 0.3) is 5.91 Å². The zero-order valence-electron chi connectivity index (χ0n) is 15.9. The molecule has 0 aliphatic carbocycles. The number of aromatic nitrogens is 3. The van der Waals surface area contributed by atoms with Crippen molar-refractivity contribution in [2.24, 2.45) is 0 Å². The number of nitrogens with zero attached hydrogens (tertiary/aromatic N) is 3. The molecule has 0 unspecified atom stereocenters. The molecular formula is C22H20N4O3. The minimum atomic E-state index is -0.198. The quantitative estimate of drug-likeness (QED) is 0.514. The second-order valence-electron chi connectivity index (χ2n) is 6.41. The summed E-state index contributed by atoms with van der Waals surface area (Å²) in [4.78, 5) is 17.4. The number of anilines is 1. The van der Waals surface area contributed by atoms with Crippen molar-refractivity contribution in [3.05, 3.63) is 84.1 Å². The van der Waals surface area contributed by atoms with Crippen LogP contribution in [0.15, 0.2) is 77.4 Å². The van der Waals surface area contributed by atoms with Crippen LogP contribution < -0.4 is 10.1 Å². The third-order valence-corrected chi connectivity index (χ3v) is 4.39. The van der Waals surface area contributed by atoms with E-state index in [1.165, 1.54) is 4.68 Å². The van der Waals surface area contributed by atoms with Crippen molar-refractivity contribution >= 4 is 11.9 Å². The Morgan fingerprint density at radius 1 is 1.03 bits per heavy atom. The van der Waals surface area contributed by atoms with Crippen molar-refractivity contribution < 1.29 is 13.9 Å². The van der Waals surface area contributed by atoms with E-state index in [0.717, 1.165) is 16.9 Å². The predicted octanol–water partition coefficient (Wildman–Crippen LogP) is 4.04. The first-order chi connectivity index (χ1) is 14.2. The average Bonchev–Trinajstić information content (AvgIpc) is 3.43. The Morgan fingerprint density at radius 2 is 1.83 bits per heavy atom. The molecule has 0 radical (unpaired) electrons. The lowest BCUT2D eigenvalue weighted by molar-refractivity contribution is 0.0901. The van der Waals surface area contributed by atoms with E-state index >= 15 is 0 Å². The van der Waals surface area contributed by atoms with Crippen LogP contribution in [0.4, 0.5) is 5.95 Å². The SMILES string of the molecule is COc1ccc(CC(=O)n2nc(-c3ccco3)nc2NCc2ccccc2)cc1. The van der Waals surface area contributed by atoms with Gasteiger partial charge in [0.05, 0.1) is 19.8 Å². The van der Waals surface area contributed by atoms with Crippen LogP contribution in [0.5, 0.6) is 5.75 Å². The van der Waals surface area contributed by atoms with Gasteiger partial charge in [0.15, 0.2) is 5.76 Å². The molecule has 0 aliphatic rings. The molecule has 4 aromatic rings. The number of hydrogen-bond acceptors (Lipinski definition) is 6. The van der Waals surface area contributed by atoms with E-state index in [4.69, 9.17) is 9.15 Å². The molecular weight excluding hydrogens is 368 g/mol. The monoisotopic (exact) mass is 388 g/mol. The molecule has 7 heteroatoms. The third kappa shape index (κ3) is 4.35. The lowest BCUT2D eigenvalue weighted by Gasteiger charge is -2.08. The molecule has 2 heterocycles. The van der Waals surface area contributed by atoms with Gasteiger partial charge in [0, 0.05) is 6.54 Å². The van der Waals surface area contributed by atoms with Crippen molar-refractivity contribution in [2.45, 2.75) is 13.0 Å². The Labute approximate surface area is 168 Å². The number of nitrogens with one attached hydrogen (secondary N) is 1. The fourth-order valence-electron chi connectivity index (χ4n) is 2.88. The molecule has 0 spiro atoms. The van der Waals surface area contributed by atoms with Crippen LogP contribution in [0.3, 0.4) is 0 Å². The first-order valence-electron chi connectivity index (χ1n) is 9.18. The first-order valence-corrected chi connectivity index (χ1v) is 9.18. The number of furan rings is 1. The van der Waals surface area contributed by atoms with E-state index in [2.05, 4.69) is 15.4 Å². The molecule has 2 aromatic heterocycles. The van der Waals surface area contributed by atoms with Gasteiger partial charge in [0.1, 0.15) is 5.75 Å². The summed E-state index contributed by atoms with van der Waals surface area (Å²) >= 11 is 0. The minimum absolute atomic E-state index is 0.185. The molecule has 0 saturated heterocycles. The molecule has 146 valence electrons. The molecule has 7 nitrogen and oxygen atoms in total. The van der Waals surface area contributed by atoms with Gasteiger partial charge in [-0.3, -0.25) is 4.79 Å². The molecule has 0 saturated carbocycles. The van der Waals surface area contributed by atoms with Gasteiger partial charge in [-0.1, -0.05) is 42.5 Å². The van der Waals surface area contributed by atoms with E-state index < -0.39 is 0 Å². The Balaban J connectivity index is 1.58. The molecule has 0 atom stereocenters. The summed E-state index contributed by atoms with van der Waals surface area (Å²) in [6.45, 7) is 0.521. The molecule has 0 bridgehead atoms. The second kappa shape index (κ2) is 8.43. The molecule has 0 fully saturated rings. The Hall–Kier alpha value is -3.87. The van der Waals surface area contributed by atoms with Gasteiger partial charge in [0.2, 0.25) is 11.8 Å². The fraction of sp³-hybridized carbons (Fsp3) is 0.136. The number of hydrogen-bond donors (Lipinski definition) is 1. The summed E-state index contributed by atoms with van der Waals surface area (Å²) in [5.41, 5.74) is 1.93. The smallest absolute Gasteiger partial charge is 0.254 e. The van der Waals surface area contributed by atoms with E-state index in [0.29, 0.717) is 24.1 Å². The molecule has 4 rings (SSSR count). The third-order valence-electron chi connectivity index (χ3n) is 4.39. The van der Waals surface area contributed by atoms with E-state index in [1.807, 2.05) is 54.6 Å². The van der Waals surface area contributed by atoms with Gasteiger partial charge in [-0.25, -0.2) is 0 Å². The highest BCUT2D eigenvalue weighted by Gasteiger charge is 2.19. The van der Waals surface area contributed by atoms with Crippen LogP contribution in [0.1, 0.15) is 15.9 Å². The van der Waals surface area contributed by atoms with Crippen LogP contribution >= 0.6 is 0 Å². The zero-order valence-corrected chi connectivity index (χ0v) is 15.9. The molecule has 29 heavy (non-hydrogen) atoms. The van der Waals surface area contributed by atoms with Gasteiger partial charge < -0.3 is 14.5 Å². The van der Waals surface area contributed by atoms with Crippen LogP contribution in [0.2, 0.25) is 0 Å². The second-order valence-corrected chi connectivity index (χ2v) is 6.41. The first kappa shape index (κ1) is 18.5. The number of carbonyl (C=O) groups excluding carboxylic acids is 1. The number of ether oxygens (including phenoxy) is 1. The van der Waals surface area contributed by atoms with Crippen molar-refractivity contribution in [1.82, 2.24) is 14.8 Å². The van der Waals surface area contributed by atoms with E-state index in [-0.39, 0.29) is 12.3 Å². The maximum Gasteiger partial charge on any atom is 0.254 e. The van der Waals surface area contributed by atoms with Gasteiger partial charge in [-0.05, 0) is 35.4 Å². The topological polar surface area (TPSA) is 82.2 Å². The lowest BCUT2D eigenvalue weighted by Crippen LogP contribution is -2.18. The normalized spacial score (nSPS) is 10.7. The minimum Gasteiger partial charge on any atom is -0.497 e. The number of rotatable bonds is 7. The summed E-state index contributed by atoms with van der Waals surface area (Å²) in [6, 6.07) is 20.8. The van der Waals surface area contributed by atoms with Gasteiger partial charge >= 0.3 is 0 Å². The van der Waals surface area contributed by atoms with E-state index in [9.17, 15) is 4.79 Å². The maximum absolute atomic E-state index is 12.9. The highest BCUT2D eigenvalue weighted by molar-refractivity contribution is 5.83. The number of carbonyl (C=O) groups is 1. The Bertz CT molecular complexity index is 1070. The van der Waals surface area contributed by atoms with Crippen molar-refractivity contribution in [2.75, 3.05) is 12.4 Å². The molecule has 0 amide bonds. The Kier molecular flexibility index (Phi) is 5.38. The average molecular weight is 388 g/mol. The number of methoxy groups -OCH3 is 1. The molecule has 0 aliphatic heterocycles. The highest BCUT2D eigenvalue weighted by atomic mass is 16.5.